The van der Waals surface area contributed by atoms with Gasteiger partial charge in [-0.15, -0.1) is 0 Å². The van der Waals surface area contributed by atoms with Crippen molar-refractivity contribution in [2.45, 2.75) is 64.8 Å². The predicted octanol–water partition coefficient (Wildman–Crippen LogP) is 5.89. The number of rotatable bonds is 12. The van der Waals surface area contributed by atoms with Gasteiger partial charge >= 0.3 is 6.18 Å². The molecule has 0 saturated heterocycles. The molecule has 0 aliphatic rings. The molecule has 2 aromatic rings. The monoisotopic (exact) mass is 609 g/mol. The van der Waals surface area contributed by atoms with E-state index in [1.807, 2.05) is 13.8 Å². The van der Waals surface area contributed by atoms with E-state index in [1.54, 1.807) is 25.1 Å². The van der Waals surface area contributed by atoms with Crippen molar-refractivity contribution in [2.75, 3.05) is 17.1 Å². The fourth-order valence-corrected chi connectivity index (χ4v) is 5.00. The highest BCUT2D eigenvalue weighted by Gasteiger charge is 2.32. The summed E-state index contributed by atoms with van der Waals surface area (Å²) in [5.41, 5.74) is -0.518. The smallest absolute Gasteiger partial charge is 0.352 e. The van der Waals surface area contributed by atoms with Gasteiger partial charge in [-0.05, 0) is 62.6 Å². The Kier molecular flexibility index (Phi) is 11.5. The lowest BCUT2D eigenvalue weighted by Gasteiger charge is -2.30. The Bertz CT molecular complexity index is 1280. The zero-order valence-electron chi connectivity index (χ0n) is 22.1. The summed E-state index contributed by atoms with van der Waals surface area (Å²) < 4.78 is 65.2. The largest absolute Gasteiger partial charge is 0.416 e. The number of sulfonamides is 1. The van der Waals surface area contributed by atoms with Crippen molar-refractivity contribution < 1.29 is 31.2 Å². The zero-order chi connectivity index (χ0) is 29.5. The Labute approximate surface area is 237 Å². The minimum Gasteiger partial charge on any atom is -0.352 e. The third-order valence-electron chi connectivity index (χ3n) is 6.12. The van der Waals surface area contributed by atoms with E-state index in [4.69, 9.17) is 23.2 Å². The highest BCUT2D eigenvalue weighted by molar-refractivity contribution is 7.92. The molecule has 2 aromatic carbocycles. The standard InChI is InChI=1S/C26H32Cl2F3N3O4S/c1-5-17(2)32-25(36)18(3)33(16-19-11-12-22(27)23(28)14-19)24(35)10-7-13-34(39(4,37)38)21-9-6-8-20(15-21)26(29,30)31/h6,8-9,11-12,14-15,17-18H,5,7,10,13,16H2,1-4H3,(H,32,36)/t17-,18+/m0/s1. The Balaban J connectivity index is 2.25. The van der Waals surface area contributed by atoms with Crippen LogP contribution in [0.1, 0.15) is 51.2 Å². The van der Waals surface area contributed by atoms with Crippen LogP contribution >= 0.6 is 23.2 Å². The van der Waals surface area contributed by atoms with Crippen LogP contribution in [0.4, 0.5) is 18.9 Å². The Morgan fingerprint density at radius 1 is 1.05 bits per heavy atom. The molecule has 0 aromatic heterocycles. The van der Waals surface area contributed by atoms with E-state index in [9.17, 15) is 31.2 Å². The minimum atomic E-state index is -4.65. The maximum absolute atomic E-state index is 13.3. The molecule has 0 bridgehead atoms. The quantitative estimate of drug-likeness (QED) is 0.325. The summed E-state index contributed by atoms with van der Waals surface area (Å²) in [5.74, 6) is -0.801. The van der Waals surface area contributed by atoms with E-state index in [1.165, 1.54) is 11.0 Å². The molecule has 0 heterocycles. The van der Waals surface area contributed by atoms with Gasteiger partial charge in [0.15, 0.2) is 0 Å². The maximum Gasteiger partial charge on any atom is 0.416 e. The van der Waals surface area contributed by atoms with Crippen molar-refractivity contribution in [3.05, 3.63) is 63.6 Å². The third-order valence-corrected chi connectivity index (χ3v) is 8.05. The summed E-state index contributed by atoms with van der Waals surface area (Å²) in [6.45, 7) is 5.13. The van der Waals surface area contributed by atoms with E-state index in [-0.39, 0.29) is 48.6 Å². The van der Waals surface area contributed by atoms with E-state index >= 15 is 0 Å². The first kappa shape index (κ1) is 32.7. The molecule has 2 atom stereocenters. The van der Waals surface area contributed by atoms with Gasteiger partial charge in [0.2, 0.25) is 21.8 Å². The molecule has 2 amide bonds. The molecule has 1 N–H and O–H groups in total. The van der Waals surface area contributed by atoms with Crippen molar-refractivity contribution >= 4 is 50.7 Å². The number of anilines is 1. The zero-order valence-corrected chi connectivity index (χ0v) is 24.4. The van der Waals surface area contributed by atoms with Crippen LogP contribution in [0, 0.1) is 0 Å². The lowest BCUT2D eigenvalue weighted by atomic mass is 10.1. The SMILES string of the molecule is CC[C@H](C)NC(=O)[C@@H](C)N(Cc1ccc(Cl)c(Cl)c1)C(=O)CCCN(c1cccc(C(F)(F)F)c1)S(C)(=O)=O. The summed E-state index contributed by atoms with van der Waals surface area (Å²) >= 11 is 12.1. The number of nitrogens with one attached hydrogen (secondary N) is 1. The van der Waals surface area contributed by atoms with Crippen LogP contribution in [0.15, 0.2) is 42.5 Å². The summed E-state index contributed by atoms with van der Waals surface area (Å²) in [4.78, 5) is 27.5. The van der Waals surface area contributed by atoms with Gasteiger partial charge in [0.25, 0.3) is 0 Å². The van der Waals surface area contributed by atoms with Gasteiger partial charge in [0.1, 0.15) is 6.04 Å². The number of hydrogen-bond acceptors (Lipinski definition) is 4. The number of alkyl halides is 3. The van der Waals surface area contributed by atoms with E-state index in [0.29, 0.717) is 17.0 Å². The van der Waals surface area contributed by atoms with Crippen LogP contribution in [-0.4, -0.2) is 50.0 Å². The Morgan fingerprint density at radius 3 is 2.28 bits per heavy atom. The van der Waals surface area contributed by atoms with Gasteiger partial charge in [-0.2, -0.15) is 13.2 Å². The molecule has 2 rings (SSSR count). The van der Waals surface area contributed by atoms with Crippen molar-refractivity contribution in [3.8, 4) is 0 Å². The number of carbonyl (C=O) groups excluding carboxylic acids is 2. The van der Waals surface area contributed by atoms with Gasteiger partial charge in [0.05, 0.1) is 27.6 Å². The number of carbonyl (C=O) groups is 2. The first-order valence-corrected chi connectivity index (χ1v) is 14.8. The number of amides is 2. The van der Waals surface area contributed by atoms with Crippen molar-refractivity contribution in [1.29, 1.82) is 0 Å². The van der Waals surface area contributed by atoms with Gasteiger partial charge in [0, 0.05) is 25.6 Å². The summed E-state index contributed by atoms with van der Waals surface area (Å²) in [6.07, 6.45) is -3.23. The Morgan fingerprint density at radius 2 is 1.72 bits per heavy atom. The molecular formula is C26H32Cl2F3N3O4S. The van der Waals surface area contributed by atoms with Crippen LogP contribution in [0.3, 0.4) is 0 Å². The normalized spacial score (nSPS) is 13.5. The molecule has 7 nitrogen and oxygen atoms in total. The molecular weight excluding hydrogens is 578 g/mol. The van der Waals surface area contributed by atoms with Crippen molar-refractivity contribution in [1.82, 2.24) is 10.2 Å². The minimum absolute atomic E-state index is 0.000273. The molecule has 0 radical (unpaired) electrons. The van der Waals surface area contributed by atoms with E-state index in [2.05, 4.69) is 5.32 Å². The van der Waals surface area contributed by atoms with Gasteiger partial charge < -0.3 is 10.2 Å². The topological polar surface area (TPSA) is 86.8 Å². The average Bonchev–Trinajstić information content (AvgIpc) is 2.85. The molecule has 39 heavy (non-hydrogen) atoms. The number of nitrogens with zero attached hydrogens (tertiary/aromatic N) is 2. The second-order valence-corrected chi connectivity index (χ2v) is 12.0. The first-order valence-electron chi connectivity index (χ1n) is 12.2. The first-order chi connectivity index (χ1) is 18.0. The average molecular weight is 611 g/mol. The molecule has 0 fully saturated rings. The molecule has 216 valence electrons. The molecule has 0 aliphatic heterocycles. The number of benzene rings is 2. The maximum atomic E-state index is 13.3. The number of hydrogen-bond donors (Lipinski definition) is 1. The van der Waals surface area contributed by atoms with Crippen LogP contribution in [0.5, 0.6) is 0 Å². The fourth-order valence-electron chi connectivity index (χ4n) is 3.72. The molecule has 13 heteroatoms. The molecule has 0 spiro atoms. The lowest BCUT2D eigenvalue weighted by Crippen LogP contribution is -2.49. The summed E-state index contributed by atoms with van der Waals surface area (Å²) in [6, 6.07) is 7.84. The van der Waals surface area contributed by atoms with Crippen molar-refractivity contribution in [3.63, 3.8) is 0 Å². The molecule has 0 saturated carbocycles. The van der Waals surface area contributed by atoms with Gasteiger partial charge in [-0.3, -0.25) is 13.9 Å². The molecule has 0 aliphatic carbocycles. The second-order valence-electron chi connectivity index (χ2n) is 9.25. The predicted molar refractivity (Wildman–Crippen MR) is 147 cm³/mol. The highest BCUT2D eigenvalue weighted by atomic mass is 35.5. The molecule has 0 unspecified atom stereocenters. The van der Waals surface area contributed by atoms with Gasteiger partial charge in [-0.25, -0.2) is 8.42 Å². The third kappa shape index (κ3) is 9.58. The van der Waals surface area contributed by atoms with Crippen LogP contribution in [-0.2, 0) is 32.3 Å². The summed E-state index contributed by atoms with van der Waals surface area (Å²) in [7, 11) is -3.95. The van der Waals surface area contributed by atoms with Crippen molar-refractivity contribution in [2.24, 2.45) is 0 Å². The summed E-state index contributed by atoms with van der Waals surface area (Å²) in [5, 5.41) is 3.46. The number of halogens is 5. The van der Waals surface area contributed by atoms with Gasteiger partial charge in [-0.1, -0.05) is 42.3 Å². The van der Waals surface area contributed by atoms with Crippen LogP contribution in [0.2, 0.25) is 10.0 Å². The lowest BCUT2D eigenvalue weighted by molar-refractivity contribution is -0.140. The van der Waals surface area contributed by atoms with Crippen LogP contribution in [0.25, 0.3) is 0 Å². The fraction of sp³-hybridized carbons (Fsp3) is 0.462. The second kappa shape index (κ2) is 13.7. The highest BCUT2D eigenvalue weighted by Crippen LogP contribution is 2.32. The van der Waals surface area contributed by atoms with E-state index in [0.717, 1.165) is 28.8 Å². The Hall–Kier alpha value is -2.50. The van der Waals surface area contributed by atoms with E-state index < -0.39 is 33.7 Å². The van der Waals surface area contributed by atoms with Crippen LogP contribution < -0.4 is 9.62 Å².